The summed E-state index contributed by atoms with van der Waals surface area (Å²) in [6.45, 7) is 2.30. The van der Waals surface area contributed by atoms with Crippen molar-refractivity contribution in [3.63, 3.8) is 0 Å². The molecule has 0 saturated carbocycles. The Balaban J connectivity index is 1.75. The van der Waals surface area contributed by atoms with Crippen LogP contribution in [0.3, 0.4) is 0 Å². The Bertz CT molecular complexity index is 763. The normalized spacial score (nSPS) is 13.8. The summed E-state index contributed by atoms with van der Waals surface area (Å²) in [5.41, 5.74) is 1.90. The lowest BCUT2D eigenvalue weighted by Gasteiger charge is -2.26. The van der Waals surface area contributed by atoms with Gasteiger partial charge in [-0.3, -0.25) is 4.79 Å². The van der Waals surface area contributed by atoms with Crippen LogP contribution in [0.25, 0.3) is 0 Å². The van der Waals surface area contributed by atoms with Crippen molar-refractivity contribution in [1.82, 2.24) is 9.88 Å². The van der Waals surface area contributed by atoms with Crippen LogP contribution in [-0.2, 0) is 4.74 Å². The number of benzene rings is 1. The number of nitrogens with zero attached hydrogens (tertiary/aromatic N) is 2. The fourth-order valence-corrected chi connectivity index (χ4v) is 2.84. The third-order valence-electron chi connectivity index (χ3n) is 4.23. The quantitative estimate of drug-likeness (QED) is 0.832. The van der Waals surface area contributed by atoms with Crippen molar-refractivity contribution >= 4 is 17.3 Å². The van der Waals surface area contributed by atoms with Gasteiger partial charge in [-0.05, 0) is 12.1 Å². The summed E-state index contributed by atoms with van der Waals surface area (Å²) in [4.78, 5) is 18.5. The highest BCUT2D eigenvalue weighted by Crippen LogP contribution is 2.40. The standard InChI is InChI=1S/C19H23N3O5/c1-24-16-10-14(11-17(25-2)18(16)26-3)21-13-4-5-15(20-12-13)19(23)22-6-8-27-9-7-22/h4-5,10-12,21H,6-9H2,1-3H3. The zero-order valence-electron chi connectivity index (χ0n) is 15.7. The number of hydrogen-bond donors (Lipinski definition) is 1. The van der Waals surface area contributed by atoms with E-state index in [0.717, 1.165) is 11.4 Å². The second-order valence-electron chi connectivity index (χ2n) is 5.88. The average molecular weight is 373 g/mol. The molecule has 1 saturated heterocycles. The number of methoxy groups -OCH3 is 3. The third kappa shape index (κ3) is 4.22. The zero-order chi connectivity index (χ0) is 19.2. The largest absolute Gasteiger partial charge is 0.493 e. The summed E-state index contributed by atoms with van der Waals surface area (Å²) in [5, 5.41) is 3.23. The Morgan fingerprint density at radius 3 is 2.22 bits per heavy atom. The first-order chi connectivity index (χ1) is 13.2. The van der Waals surface area contributed by atoms with E-state index in [1.165, 1.54) is 0 Å². The van der Waals surface area contributed by atoms with Crippen LogP contribution in [0.15, 0.2) is 30.5 Å². The molecular formula is C19H23N3O5. The van der Waals surface area contributed by atoms with Crippen molar-refractivity contribution < 1.29 is 23.7 Å². The van der Waals surface area contributed by atoms with Gasteiger partial charge in [0.2, 0.25) is 5.75 Å². The minimum Gasteiger partial charge on any atom is -0.493 e. The number of pyridine rings is 1. The summed E-state index contributed by atoms with van der Waals surface area (Å²) in [6.07, 6.45) is 1.62. The number of morpholine rings is 1. The Morgan fingerprint density at radius 1 is 1.04 bits per heavy atom. The van der Waals surface area contributed by atoms with Crippen LogP contribution in [0.4, 0.5) is 11.4 Å². The van der Waals surface area contributed by atoms with Gasteiger partial charge in [-0.15, -0.1) is 0 Å². The van der Waals surface area contributed by atoms with Gasteiger partial charge in [0.05, 0.1) is 46.4 Å². The number of amides is 1. The lowest BCUT2D eigenvalue weighted by molar-refractivity contribution is 0.0299. The average Bonchev–Trinajstić information content (AvgIpc) is 2.73. The number of carbonyl (C=O) groups is 1. The molecular weight excluding hydrogens is 350 g/mol. The van der Waals surface area contributed by atoms with E-state index in [0.29, 0.717) is 49.2 Å². The molecule has 8 heteroatoms. The zero-order valence-corrected chi connectivity index (χ0v) is 15.7. The van der Waals surface area contributed by atoms with Crippen LogP contribution in [0.5, 0.6) is 17.2 Å². The van der Waals surface area contributed by atoms with Crippen LogP contribution in [0, 0.1) is 0 Å². The van der Waals surface area contributed by atoms with E-state index in [2.05, 4.69) is 10.3 Å². The van der Waals surface area contributed by atoms with E-state index in [9.17, 15) is 4.79 Å². The second-order valence-corrected chi connectivity index (χ2v) is 5.88. The van der Waals surface area contributed by atoms with Gasteiger partial charge >= 0.3 is 0 Å². The highest BCUT2D eigenvalue weighted by Gasteiger charge is 2.19. The summed E-state index contributed by atoms with van der Waals surface area (Å²) >= 11 is 0. The van der Waals surface area contributed by atoms with Crippen molar-refractivity contribution in [2.45, 2.75) is 0 Å². The molecule has 1 N–H and O–H groups in total. The van der Waals surface area contributed by atoms with Crippen LogP contribution in [0.2, 0.25) is 0 Å². The molecule has 3 rings (SSSR count). The maximum Gasteiger partial charge on any atom is 0.272 e. The van der Waals surface area contributed by atoms with E-state index < -0.39 is 0 Å². The topological polar surface area (TPSA) is 82.2 Å². The molecule has 1 fully saturated rings. The number of nitrogens with one attached hydrogen (secondary N) is 1. The molecule has 1 amide bonds. The first-order valence-corrected chi connectivity index (χ1v) is 8.56. The highest BCUT2D eigenvalue weighted by atomic mass is 16.5. The van der Waals surface area contributed by atoms with Crippen LogP contribution in [0.1, 0.15) is 10.5 Å². The molecule has 1 aromatic carbocycles. The molecule has 8 nitrogen and oxygen atoms in total. The minimum absolute atomic E-state index is 0.0855. The molecule has 2 heterocycles. The summed E-state index contributed by atoms with van der Waals surface area (Å²) in [6, 6.07) is 7.12. The molecule has 27 heavy (non-hydrogen) atoms. The SMILES string of the molecule is COc1cc(Nc2ccc(C(=O)N3CCOCC3)nc2)cc(OC)c1OC. The fraction of sp³-hybridized carbons (Fsp3) is 0.368. The third-order valence-corrected chi connectivity index (χ3v) is 4.23. The molecule has 1 aromatic heterocycles. The fourth-order valence-electron chi connectivity index (χ4n) is 2.84. The molecule has 0 aliphatic carbocycles. The highest BCUT2D eigenvalue weighted by molar-refractivity contribution is 5.92. The predicted octanol–water partition coefficient (Wildman–Crippen LogP) is 2.32. The summed E-state index contributed by atoms with van der Waals surface area (Å²) < 4.78 is 21.3. The van der Waals surface area contributed by atoms with Crippen LogP contribution >= 0.6 is 0 Å². The molecule has 0 bridgehead atoms. The second kappa shape index (κ2) is 8.59. The lowest BCUT2D eigenvalue weighted by Crippen LogP contribution is -2.41. The van der Waals surface area contributed by atoms with Crippen molar-refractivity contribution in [3.8, 4) is 17.2 Å². The van der Waals surface area contributed by atoms with Gasteiger partial charge in [0.1, 0.15) is 5.69 Å². The van der Waals surface area contributed by atoms with Crippen molar-refractivity contribution in [2.24, 2.45) is 0 Å². The van der Waals surface area contributed by atoms with Crippen molar-refractivity contribution in [1.29, 1.82) is 0 Å². The maximum absolute atomic E-state index is 12.4. The first-order valence-electron chi connectivity index (χ1n) is 8.56. The number of carbonyl (C=O) groups excluding carboxylic acids is 1. The summed E-state index contributed by atoms with van der Waals surface area (Å²) in [7, 11) is 4.69. The molecule has 0 atom stereocenters. The molecule has 0 spiro atoms. The lowest BCUT2D eigenvalue weighted by atomic mass is 10.2. The van der Waals surface area contributed by atoms with Gasteiger partial charge in [0, 0.05) is 30.9 Å². The van der Waals surface area contributed by atoms with Crippen molar-refractivity contribution in [2.75, 3.05) is 52.9 Å². The summed E-state index contributed by atoms with van der Waals surface area (Å²) in [5.74, 6) is 1.53. The van der Waals surface area contributed by atoms with E-state index in [1.54, 1.807) is 50.6 Å². The molecule has 144 valence electrons. The minimum atomic E-state index is -0.0855. The Hall–Kier alpha value is -3.00. The van der Waals surface area contributed by atoms with Crippen LogP contribution in [-0.4, -0.2) is 63.4 Å². The number of ether oxygens (including phenoxy) is 4. The molecule has 1 aliphatic heterocycles. The van der Waals surface area contributed by atoms with E-state index in [1.807, 2.05) is 6.07 Å². The molecule has 2 aromatic rings. The van der Waals surface area contributed by atoms with Gasteiger partial charge in [0.25, 0.3) is 5.91 Å². The van der Waals surface area contributed by atoms with E-state index >= 15 is 0 Å². The Kier molecular flexibility index (Phi) is 5.97. The molecule has 1 aliphatic rings. The van der Waals surface area contributed by atoms with Crippen molar-refractivity contribution in [3.05, 3.63) is 36.2 Å². The van der Waals surface area contributed by atoms with Gasteiger partial charge in [-0.1, -0.05) is 0 Å². The van der Waals surface area contributed by atoms with Gasteiger partial charge in [-0.25, -0.2) is 4.98 Å². The smallest absolute Gasteiger partial charge is 0.272 e. The molecule has 0 unspecified atom stereocenters. The number of rotatable bonds is 6. The van der Waals surface area contributed by atoms with Gasteiger partial charge in [-0.2, -0.15) is 0 Å². The number of aromatic nitrogens is 1. The van der Waals surface area contributed by atoms with E-state index in [4.69, 9.17) is 18.9 Å². The Labute approximate surface area is 158 Å². The predicted molar refractivity (Wildman–Crippen MR) is 100 cm³/mol. The number of hydrogen-bond acceptors (Lipinski definition) is 7. The van der Waals surface area contributed by atoms with E-state index in [-0.39, 0.29) is 5.91 Å². The van der Waals surface area contributed by atoms with Gasteiger partial charge in [0.15, 0.2) is 11.5 Å². The van der Waals surface area contributed by atoms with Crippen LogP contribution < -0.4 is 19.5 Å². The monoisotopic (exact) mass is 373 g/mol. The number of anilines is 2. The molecule has 0 radical (unpaired) electrons. The van der Waals surface area contributed by atoms with Gasteiger partial charge < -0.3 is 29.2 Å². The Morgan fingerprint density at radius 2 is 1.70 bits per heavy atom. The maximum atomic E-state index is 12.4. The first kappa shape index (κ1) is 18.8.